The van der Waals surface area contributed by atoms with Gasteiger partial charge in [0.05, 0.1) is 18.1 Å². The zero-order valence-electron chi connectivity index (χ0n) is 12.6. The van der Waals surface area contributed by atoms with Gasteiger partial charge in [0.25, 0.3) is 0 Å². The van der Waals surface area contributed by atoms with Crippen LogP contribution in [0.4, 0.5) is 0 Å². The first-order chi connectivity index (χ1) is 9.56. The average Bonchev–Trinajstić information content (AvgIpc) is 2.89. The van der Waals surface area contributed by atoms with Gasteiger partial charge in [-0.05, 0) is 31.9 Å². The molecule has 1 aromatic heterocycles. The van der Waals surface area contributed by atoms with E-state index in [0.717, 1.165) is 30.6 Å². The predicted molar refractivity (Wildman–Crippen MR) is 83.1 cm³/mol. The average molecular weight is 277 g/mol. The third kappa shape index (κ3) is 5.36. The van der Waals surface area contributed by atoms with E-state index in [0.29, 0.717) is 5.84 Å². The van der Waals surface area contributed by atoms with Crippen molar-refractivity contribution in [3.63, 3.8) is 0 Å². The zero-order valence-corrected chi connectivity index (χ0v) is 12.6. The van der Waals surface area contributed by atoms with E-state index in [1.54, 1.807) is 13.4 Å². The molecule has 0 aliphatic carbocycles. The molecule has 0 aliphatic rings. The van der Waals surface area contributed by atoms with Crippen LogP contribution in [0.1, 0.15) is 24.7 Å². The van der Waals surface area contributed by atoms with Crippen LogP contribution in [0.5, 0.6) is 0 Å². The summed E-state index contributed by atoms with van der Waals surface area (Å²) in [5.41, 5.74) is 1.92. The molecule has 0 saturated carbocycles. The molecule has 6 nitrogen and oxygen atoms in total. The molecule has 0 spiro atoms. The van der Waals surface area contributed by atoms with Crippen molar-refractivity contribution in [2.45, 2.75) is 25.9 Å². The van der Waals surface area contributed by atoms with E-state index in [4.69, 9.17) is 10.1 Å². The van der Waals surface area contributed by atoms with E-state index in [1.165, 1.54) is 0 Å². The number of ether oxygens (including phenoxy) is 1. The first-order valence-corrected chi connectivity index (χ1v) is 6.55. The maximum Gasteiger partial charge on any atom is 0.178 e. The van der Waals surface area contributed by atoms with Gasteiger partial charge in [0.1, 0.15) is 6.34 Å². The number of nitrogens with zero attached hydrogens (tertiary/aromatic N) is 3. The normalized spacial score (nSPS) is 13.7. The second-order valence-electron chi connectivity index (χ2n) is 4.77. The van der Waals surface area contributed by atoms with Crippen LogP contribution in [-0.4, -0.2) is 55.7 Å². The number of methoxy groups -OCH3 is 1. The summed E-state index contributed by atoms with van der Waals surface area (Å²) in [5, 5.41) is 7.11. The quantitative estimate of drug-likeness (QED) is 0.590. The Morgan fingerprint density at radius 2 is 2.25 bits per heavy atom. The Morgan fingerprint density at radius 3 is 2.85 bits per heavy atom. The molecule has 0 aliphatic heterocycles. The standard InChI is InChI=1S/C14H23N5O/c1-11(20-4)5-6-12-7-8-13(18-12)14(16-9-15)17-10-19(2)3/h7-11,15,18H,5-6H2,1-4H3. The number of aliphatic imine (C=N–C) groups is 2. The van der Waals surface area contributed by atoms with Gasteiger partial charge in [-0.15, -0.1) is 0 Å². The van der Waals surface area contributed by atoms with Crippen molar-refractivity contribution in [1.82, 2.24) is 9.88 Å². The third-order valence-electron chi connectivity index (χ3n) is 2.81. The Hall–Kier alpha value is -1.95. The minimum absolute atomic E-state index is 0.239. The Labute approximate surface area is 120 Å². The second kappa shape index (κ2) is 8.27. The molecular formula is C14H23N5O. The number of aryl methyl sites for hydroxylation is 1. The summed E-state index contributed by atoms with van der Waals surface area (Å²) >= 11 is 0. The lowest BCUT2D eigenvalue weighted by Crippen LogP contribution is -2.10. The highest BCUT2D eigenvalue weighted by Crippen LogP contribution is 2.09. The fraction of sp³-hybridized carbons (Fsp3) is 0.500. The van der Waals surface area contributed by atoms with Crippen molar-refractivity contribution in [2.75, 3.05) is 21.2 Å². The van der Waals surface area contributed by atoms with Gasteiger partial charge in [-0.1, -0.05) is 0 Å². The number of aromatic nitrogens is 1. The van der Waals surface area contributed by atoms with Crippen LogP contribution in [0.25, 0.3) is 0 Å². The minimum Gasteiger partial charge on any atom is -0.382 e. The summed E-state index contributed by atoms with van der Waals surface area (Å²) in [5.74, 6) is 0.500. The summed E-state index contributed by atoms with van der Waals surface area (Å²) < 4.78 is 5.23. The van der Waals surface area contributed by atoms with Crippen molar-refractivity contribution in [3.05, 3.63) is 23.5 Å². The highest BCUT2D eigenvalue weighted by atomic mass is 16.5. The van der Waals surface area contributed by atoms with Gasteiger partial charge in [-0.25, -0.2) is 9.98 Å². The largest absolute Gasteiger partial charge is 0.382 e. The van der Waals surface area contributed by atoms with Crippen molar-refractivity contribution in [1.29, 1.82) is 5.41 Å². The number of hydrogen-bond acceptors (Lipinski definition) is 2. The summed E-state index contributed by atoms with van der Waals surface area (Å²) in [4.78, 5) is 13.3. The first kappa shape index (κ1) is 16.1. The Morgan fingerprint density at radius 1 is 1.50 bits per heavy atom. The van der Waals surface area contributed by atoms with Crippen molar-refractivity contribution >= 4 is 18.5 Å². The smallest absolute Gasteiger partial charge is 0.178 e. The van der Waals surface area contributed by atoms with E-state index < -0.39 is 0 Å². The molecule has 6 heteroatoms. The van der Waals surface area contributed by atoms with Crippen molar-refractivity contribution in [2.24, 2.45) is 9.98 Å². The Balaban J connectivity index is 2.76. The van der Waals surface area contributed by atoms with Crippen LogP contribution in [0.3, 0.4) is 0 Å². The Kier molecular flexibility index (Phi) is 6.66. The van der Waals surface area contributed by atoms with Gasteiger partial charge in [0.15, 0.2) is 5.84 Å². The molecule has 110 valence electrons. The number of amidine groups is 1. The monoisotopic (exact) mass is 277 g/mol. The Bertz CT molecular complexity index is 476. The first-order valence-electron chi connectivity index (χ1n) is 6.55. The fourth-order valence-corrected chi connectivity index (χ4v) is 1.60. The lowest BCUT2D eigenvalue weighted by Gasteiger charge is -2.07. The molecule has 1 aromatic rings. The summed E-state index contributed by atoms with van der Waals surface area (Å²) in [6, 6.07) is 3.95. The molecule has 0 radical (unpaired) electrons. The van der Waals surface area contributed by atoms with Gasteiger partial charge in [-0.3, -0.25) is 5.41 Å². The van der Waals surface area contributed by atoms with Gasteiger partial charge in [0, 0.05) is 26.9 Å². The molecule has 0 bridgehead atoms. The number of hydrogen-bond donors (Lipinski definition) is 2. The third-order valence-corrected chi connectivity index (χ3v) is 2.81. The molecule has 2 N–H and O–H groups in total. The van der Waals surface area contributed by atoms with E-state index in [-0.39, 0.29) is 6.10 Å². The van der Waals surface area contributed by atoms with E-state index in [2.05, 4.69) is 15.0 Å². The molecule has 1 rings (SSSR count). The topological polar surface area (TPSA) is 76.8 Å². The van der Waals surface area contributed by atoms with Crippen LogP contribution >= 0.6 is 0 Å². The molecule has 0 saturated heterocycles. The molecule has 1 heterocycles. The van der Waals surface area contributed by atoms with Gasteiger partial charge >= 0.3 is 0 Å². The summed E-state index contributed by atoms with van der Waals surface area (Å²) in [6.07, 6.45) is 4.76. The second-order valence-corrected chi connectivity index (χ2v) is 4.77. The highest BCUT2D eigenvalue weighted by Gasteiger charge is 2.06. The van der Waals surface area contributed by atoms with Crippen LogP contribution in [0.15, 0.2) is 22.1 Å². The molecule has 1 atom stereocenters. The van der Waals surface area contributed by atoms with Gasteiger partial charge in [-0.2, -0.15) is 0 Å². The van der Waals surface area contributed by atoms with Gasteiger partial charge in [0.2, 0.25) is 0 Å². The predicted octanol–water partition coefficient (Wildman–Crippen LogP) is 1.93. The maximum atomic E-state index is 7.11. The molecule has 0 fully saturated rings. The fourth-order valence-electron chi connectivity index (χ4n) is 1.60. The minimum atomic E-state index is 0.239. The number of rotatable bonds is 7. The number of aromatic amines is 1. The summed E-state index contributed by atoms with van der Waals surface area (Å²) in [6.45, 7) is 2.05. The maximum absolute atomic E-state index is 7.11. The van der Waals surface area contributed by atoms with Crippen LogP contribution < -0.4 is 0 Å². The van der Waals surface area contributed by atoms with Gasteiger partial charge < -0.3 is 14.6 Å². The SMILES string of the molecule is COC(C)CCc1ccc(C(N=CN(C)C)=NC=N)[nH]1. The highest BCUT2D eigenvalue weighted by molar-refractivity contribution is 6.04. The lowest BCUT2D eigenvalue weighted by atomic mass is 10.2. The lowest BCUT2D eigenvalue weighted by molar-refractivity contribution is 0.111. The van der Waals surface area contributed by atoms with Crippen molar-refractivity contribution < 1.29 is 4.74 Å². The van der Waals surface area contributed by atoms with Crippen LogP contribution in [-0.2, 0) is 11.2 Å². The van der Waals surface area contributed by atoms with E-state index in [1.807, 2.05) is 38.1 Å². The molecule has 0 aromatic carbocycles. The number of H-pyrrole nitrogens is 1. The van der Waals surface area contributed by atoms with Crippen LogP contribution in [0, 0.1) is 5.41 Å². The van der Waals surface area contributed by atoms with E-state index in [9.17, 15) is 0 Å². The molecule has 20 heavy (non-hydrogen) atoms. The summed E-state index contributed by atoms with van der Waals surface area (Å²) in [7, 11) is 5.49. The van der Waals surface area contributed by atoms with E-state index >= 15 is 0 Å². The number of nitrogens with one attached hydrogen (secondary N) is 2. The van der Waals surface area contributed by atoms with Crippen LogP contribution in [0.2, 0.25) is 0 Å². The molecular weight excluding hydrogens is 254 g/mol. The zero-order chi connectivity index (χ0) is 15.0. The molecule has 0 amide bonds. The molecule has 1 unspecified atom stereocenters. The van der Waals surface area contributed by atoms with Crippen molar-refractivity contribution in [3.8, 4) is 0 Å².